The number of hydrogen-bond donors (Lipinski definition) is 2. The van der Waals surface area contributed by atoms with Crippen molar-refractivity contribution in [1.82, 2.24) is 0 Å². The molecule has 0 aromatic rings. The van der Waals surface area contributed by atoms with E-state index in [-0.39, 0.29) is 19.4 Å². The summed E-state index contributed by atoms with van der Waals surface area (Å²) in [5.74, 6) is -0.858. The van der Waals surface area contributed by atoms with Gasteiger partial charge in [0, 0.05) is 12.8 Å². The zero-order valence-electron chi connectivity index (χ0n) is 41.3. The van der Waals surface area contributed by atoms with Crippen LogP contribution in [0.4, 0.5) is 0 Å². The predicted octanol–water partition coefficient (Wildman–Crippen LogP) is 17.5. The molecule has 8 nitrogen and oxygen atoms in total. The molecule has 2 N–H and O–H groups in total. The van der Waals surface area contributed by atoms with Gasteiger partial charge in [-0.25, -0.2) is 4.57 Å². The van der Waals surface area contributed by atoms with Crippen LogP contribution in [0.15, 0.2) is 0 Å². The molecule has 0 bridgehead atoms. The first-order chi connectivity index (χ1) is 30.3. The molecule has 0 aromatic heterocycles. The molecule has 0 spiro atoms. The van der Waals surface area contributed by atoms with Gasteiger partial charge in [-0.05, 0) is 12.8 Å². The SMILES string of the molecule is CCCCCCCCCCCCCCCCCCCCCCCCC(=O)OCC(COP(=O)(O)O)OC(=O)CCCCCCCCCCCCCCCCCCCCCCCC. The van der Waals surface area contributed by atoms with Gasteiger partial charge in [0.05, 0.1) is 6.61 Å². The second kappa shape index (κ2) is 49.5. The fraction of sp³-hybridized carbons (Fsp3) is 0.962. The fourth-order valence-electron chi connectivity index (χ4n) is 8.56. The van der Waals surface area contributed by atoms with E-state index in [1.54, 1.807) is 0 Å². The first-order valence-corrected chi connectivity index (χ1v) is 28.9. The number of unbranched alkanes of at least 4 members (excludes halogenated alkanes) is 42. The smallest absolute Gasteiger partial charge is 0.462 e. The Morgan fingerprint density at radius 2 is 0.581 bits per heavy atom. The van der Waals surface area contributed by atoms with Crippen LogP contribution in [0, 0.1) is 0 Å². The van der Waals surface area contributed by atoms with Crippen molar-refractivity contribution in [2.75, 3.05) is 13.2 Å². The third-order valence-corrected chi connectivity index (χ3v) is 13.1. The third-order valence-electron chi connectivity index (χ3n) is 12.6. The average molecular weight is 901 g/mol. The van der Waals surface area contributed by atoms with Crippen molar-refractivity contribution >= 4 is 19.8 Å². The van der Waals surface area contributed by atoms with Gasteiger partial charge < -0.3 is 19.3 Å². The minimum atomic E-state index is -4.75. The van der Waals surface area contributed by atoms with E-state index < -0.39 is 32.5 Å². The number of rotatable bonds is 52. The maximum atomic E-state index is 12.5. The molecule has 9 heteroatoms. The highest BCUT2D eigenvalue weighted by atomic mass is 31.2. The van der Waals surface area contributed by atoms with Crippen LogP contribution in [0.2, 0.25) is 0 Å². The lowest BCUT2D eigenvalue weighted by Crippen LogP contribution is -2.29. The Balaban J connectivity index is 3.72. The Morgan fingerprint density at radius 3 is 0.823 bits per heavy atom. The average Bonchev–Trinajstić information content (AvgIpc) is 3.25. The van der Waals surface area contributed by atoms with Crippen molar-refractivity contribution in [1.29, 1.82) is 0 Å². The number of phosphoric ester groups is 1. The van der Waals surface area contributed by atoms with Crippen LogP contribution >= 0.6 is 7.82 Å². The van der Waals surface area contributed by atoms with Crippen LogP contribution in [0.5, 0.6) is 0 Å². The quantitative estimate of drug-likeness (QED) is 0.0352. The predicted molar refractivity (Wildman–Crippen MR) is 263 cm³/mol. The molecule has 0 rings (SSSR count). The lowest BCUT2D eigenvalue weighted by molar-refractivity contribution is -0.161. The molecule has 0 heterocycles. The van der Waals surface area contributed by atoms with E-state index in [0.717, 1.165) is 32.1 Å². The Hall–Kier alpha value is -0.950. The maximum Gasteiger partial charge on any atom is 0.469 e. The van der Waals surface area contributed by atoms with Gasteiger partial charge in [-0.1, -0.05) is 284 Å². The van der Waals surface area contributed by atoms with Crippen LogP contribution in [-0.4, -0.2) is 41.0 Å². The van der Waals surface area contributed by atoms with E-state index >= 15 is 0 Å². The number of carbonyl (C=O) groups excluding carboxylic acids is 2. The van der Waals surface area contributed by atoms with Crippen LogP contribution in [-0.2, 0) is 28.2 Å². The second-order valence-corrected chi connectivity index (χ2v) is 20.2. The highest BCUT2D eigenvalue weighted by Gasteiger charge is 2.23. The summed E-state index contributed by atoms with van der Waals surface area (Å²) in [6.07, 6.45) is 57.1. The van der Waals surface area contributed by atoms with Crippen molar-refractivity contribution in [3.05, 3.63) is 0 Å². The lowest BCUT2D eigenvalue weighted by Gasteiger charge is -2.18. The molecule has 0 amide bonds. The molecular weight excluding hydrogens is 796 g/mol. The van der Waals surface area contributed by atoms with E-state index in [9.17, 15) is 14.2 Å². The summed E-state index contributed by atoms with van der Waals surface area (Å²) in [6.45, 7) is 3.76. The standard InChI is InChI=1S/C53H105O8P/c1-3-5-7-9-11-13-15-17-19-21-23-25-27-29-31-33-35-37-39-41-43-45-47-52(54)59-49-51(50-60-62(56,57)58)61-53(55)48-46-44-42-40-38-36-34-32-30-28-26-24-22-20-18-16-14-12-10-8-6-4-2/h51H,3-50H2,1-2H3,(H2,56,57,58). The number of carbonyl (C=O) groups is 2. The van der Waals surface area contributed by atoms with Crippen LogP contribution < -0.4 is 0 Å². The van der Waals surface area contributed by atoms with Crippen LogP contribution in [0.25, 0.3) is 0 Å². The van der Waals surface area contributed by atoms with Crippen molar-refractivity contribution in [3.8, 4) is 0 Å². The summed E-state index contributed by atoms with van der Waals surface area (Å²) in [5.41, 5.74) is 0. The molecule has 0 saturated heterocycles. The molecule has 0 aliphatic heterocycles. The highest BCUT2D eigenvalue weighted by Crippen LogP contribution is 2.36. The summed E-state index contributed by atoms with van der Waals surface area (Å²) < 4.78 is 26.6. The highest BCUT2D eigenvalue weighted by molar-refractivity contribution is 7.46. The van der Waals surface area contributed by atoms with E-state index in [1.165, 1.54) is 244 Å². The lowest BCUT2D eigenvalue weighted by atomic mass is 10.0. The zero-order chi connectivity index (χ0) is 45.3. The number of esters is 2. The molecule has 0 radical (unpaired) electrons. The Morgan fingerprint density at radius 1 is 0.355 bits per heavy atom. The molecule has 0 aliphatic rings. The Labute approximate surface area is 385 Å². The molecular formula is C53H105O8P. The number of ether oxygens (including phenoxy) is 2. The van der Waals surface area contributed by atoms with E-state index in [1.807, 2.05) is 0 Å². The minimum absolute atomic E-state index is 0.221. The topological polar surface area (TPSA) is 119 Å². The second-order valence-electron chi connectivity index (χ2n) is 18.9. The van der Waals surface area contributed by atoms with Gasteiger partial charge >= 0.3 is 19.8 Å². The molecule has 0 aromatic carbocycles. The normalized spacial score (nSPS) is 12.3. The molecule has 1 atom stereocenters. The maximum absolute atomic E-state index is 12.5. The summed E-state index contributed by atoms with van der Waals surface area (Å²) in [4.78, 5) is 43.2. The van der Waals surface area contributed by atoms with Gasteiger partial charge in [-0.15, -0.1) is 0 Å². The largest absolute Gasteiger partial charge is 0.469 e. The third kappa shape index (κ3) is 51.7. The van der Waals surface area contributed by atoms with Crippen molar-refractivity contribution in [2.45, 2.75) is 315 Å². The van der Waals surface area contributed by atoms with Gasteiger partial charge in [0.2, 0.25) is 0 Å². The van der Waals surface area contributed by atoms with Gasteiger partial charge in [-0.3, -0.25) is 14.1 Å². The van der Waals surface area contributed by atoms with Crippen molar-refractivity contribution < 1.29 is 37.9 Å². The number of hydrogen-bond acceptors (Lipinski definition) is 6. The molecule has 0 saturated carbocycles. The monoisotopic (exact) mass is 901 g/mol. The van der Waals surface area contributed by atoms with Crippen LogP contribution in [0.1, 0.15) is 309 Å². The van der Waals surface area contributed by atoms with E-state index in [2.05, 4.69) is 18.4 Å². The first-order valence-electron chi connectivity index (χ1n) is 27.3. The summed E-state index contributed by atoms with van der Waals surface area (Å²) in [7, 11) is -4.75. The molecule has 62 heavy (non-hydrogen) atoms. The molecule has 1 unspecified atom stereocenters. The van der Waals surface area contributed by atoms with Crippen molar-refractivity contribution in [3.63, 3.8) is 0 Å². The van der Waals surface area contributed by atoms with Gasteiger partial charge in [0.15, 0.2) is 6.10 Å². The molecule has 0 fully saturated rings. The van der Waals surface area contributed by atoms with Gasteiger partial charge in [0.25, 0.3) is 0 Å². The van der Waals surface area contributed by atoms with Crippen LogP contribution in [0.3, 0.4) is 0 Å². The fourth-order valence-corrected chi connectivity index (χ4v) is 8.92. The molecule has 370 valence electrons. The van der Waals surface area contributed by atoms with E-state index in [4.69, 9.17) is 19.3 Å². The number of phosphoric acid groups is 1. The Bertz CT molecular complexity index is 971. The summed E-state index contributed by atoms with van der Waals surface area (Å²) in [5, 5.41) is 0. The van der Waals surface area contributed by atoms with Crippen molar-refractivity contribution in [2.24, 2.45) is 0 Å². The Kier molecular flexibility index (Phi) is 48.7. The summed E-state index contributed by atoms with van der Waals surface area (Å²) in [6, 6.07) is 0. The van der Waals surface area contributed by atoms with Gasteiger partial charge in [-0.2, -0.15) is 0 Å². The van der Waals surface area contributed by atoms with E-state index in [0.29, 0.717) is 6.42 Å². The zero-order valence-corrected chi connectivity index (χ0v) is 42.2. The van der Waals surface area contributed by atoms with Gasteiger partial charge in [0.1, 0.15) is 6.61 Å². The summed E-state index contributed by atoms with van der Waals surface area (Å²) >= 11 is 0. The first kappa shape index (κ1) is 61.0. The minimum Gasteiger partial charge on any atom is -0.462 e. The molecule has 0 aliphatic carbocycles.